The molecule has 1 heterocycles. The highest BCUT2D eigenvalue weighted by Crippen LogP contribution is 2.54. The Labute approximate surface area is 297 Å². The van der Waals surface area contributed by atoms with Crippen molar-refractivity contribution in [1.82, 2.24) is 4.98 Å². The van der Waals surface area contributed by atoms with Crippen LogP contribution < -0.4 is 0 Å². The van der Waals surface area contributed by atoms with Crippen molar-refractivity contribution in [2.45, 2.75) is 25.2 Å². The van der Waals surface area contributed by atoms with E-state index in [2.05, 4.69) is 170 Å². The van der Waals surface area contributed by atoms with Gasteiger partial charge in [0.1, 0.15) is 0 Å². The van der Waals surface area contributed by atoms with E-state index in [-0.39, 0.29) is 5.41 Å². The van der Waals surface area contributed by atoms with Crippen LogP contribution in [0.3, 0.4) is 0 Å². The molecule has 2 aliphatic rings. The molecule has 8 aromatic rings. The van der Waals surface area contributed by atoms with E-state index in [1.54, 1.807) is 0 Å². The second-order valence-corrected chi connectivity index (χ2v) is 14.7. The monoisotopic (exact) mass is 650 g/mol. The Kier molecular flexibility index (Phi) is 6.45. The first-order valence-electron chi connectivity index (χ1n) is 17.7. The molecule has 51 heavy (non-hydrogen) atoms. The minimum absolute atomic E-state index is 0.0542. The Morgan fingerprint density at radius 3 is 2.12 bits per heavy atom. The minimum atomic E-state index is -0.0542. The molecule has 240 valence electrons. The van der Waals surface area contributed by atoms with E-state index < -0.39 is 0 Å². The summed E-state index contributed by atoms with van der Waals surface area (Å²) in [5, 5.41) is 8.37. The predicted molar refractivity (Wildman–Crippen MR) is 214 cm³/mol. The van der Waals surface area contributed by atoms with E-state index in [0.717, 1.165) is 27.9 Å². The smallest absolute Gasteiger partial charge is 0.183 e. The van der Waals surface area contributed by atoms with Crippen LogP contribution in [0.1, 0.15) is 30.9 Å². The zero-order valence-corrected chi connectivity index (χ0v) is 28.6. The zero-order valence-electron chi connectivity index (χ0n) is 28.6. The molecule has 2 heteroatoms. The van der Waals surface area contributed by atoms with E-state index in [9.17, 15) is 0 Å². The SMILES string of the molecule is [C-]#[N+]C1=CC2C(C=C1)c1ccc(-c3cccc(-c4ccc5cc6c(cc5c4)c(-c4ccccc4)nc4c5ccccc5ccc64)c3)cc1C2(C)C. The third-order valence-corrected chi connectivity index (χ3v) is 11.5. The fourth-order valence-electron chi connectivity index (χ4n) is 8.81. The molecule has 0 N–H and O–H groups in total. The highest BCUT2D eigenvalue weighted by molar-refractivity contribution is 6.20. The van der Waals surface area contributed by atoms with Crippen molar-refractivity contribution in [2.24, 2.45) is 5.92 Å². The summed E-state index contributed by atoms with van der Waals surface area (Å²) in [6.07, 6.45) is 6.41. The van der Waals surface area contributed by atoms with E-state index in [0.29, 0.717) is 11.8 Å². The molecule has 2 nitrogen and oxygen atoms in total. The van der Waals surface area contributed by atoms with Crippen LogP contribution >= 0.6 is 0 Å². The lowest BCUT2D eigenvalue weighted by Crippen LogP contribution is -2.25. The number of rotatable bonds is 3. The summed E-state index contributed by atoms with van der Waals surface area (Å²) in [5.74, 6) is 0.622. The van der Waals surface area contributed by atoms with Crippen molar-refractivity contribution < 1.29 is 0 Å². The van der Waals surface area contributed by atoms with Crippen molar-refractivity contribution in [3.05, 3.63) is 186 Å². The molecular formula is C49H34N2. The Balaban J connectivity index is 1.09. The molecule has 0 saturated heterocycles. The first-order valence-corrected chi connectivity index (χ1v) is 17.7. The lowest BCUT2D eigenvalue weighted by Gasteiger charge is -2.30. The van der Waals surface area contributed by atoms with Gasteiger partial charge in [-0.05, 0) is 90.5 Å². The van der Waals surface area contributed by atoms with Crippen molar-refractivity contribution in [1.29, 1.82) is 0 Å². The maximum atomic E-state index is 7.56. The molecule has 7 aromatic carbocycles. The van der Waals surface area contributed by atoms with Gasteiger partial charge in [0.05, 0.1) is 17.8 Å². The number of nitrogens with zero attached hydrogens (tertiary/aromatic N) is 2. The van der Waals surface area contributed by atoms with Gasteiger partial charge in [-0.2, -0.15) is 0 Å². The van der Waals surface area contributed by atoms with E-state index >= 15 is 0 Å². The maximum Gasteiger partial charge on any atom is 0.183 e. The number of allylic oxidation sites excluding steroid dienone is 3. The Hall–Kier alpha value is -6.30. The first-order chi connectivity index (χ1) is 25.0. The average molecular weight is 651 g/mol. The quantitative estimate of drug-likeness (QED) is 0.106. The van der Waals surface area contributed by atoms with Crippen LogP contribution in [0.5, 0.6) is 0 Å². The summed E-state index contributed by atoms with van der Waals surface area (Å²) in [4.78, 5) is 9.12. The summed E-state index contributed by atoms with van der Waals surface area (Å²) in [7, 11) is 0. The molecule has 0 aliphatic heterocycles. The van der Waals surface area contributed by atoms with E-state index in [4.69, 9.17) is 11.6 Å². The second-order valence-electron chi connectivity index (χ2n) is 14.7. The van der Waals surface area contributed by atoms with Crippen molar-refractivity contribution in [3.63, 3.8) is 0 Å². The van der Waals surface area contributed by atoms with Gasteiger partial charge in [0.15, 0.2) is 5.70 Å². The molecule has 0 fully saturated rings. The summed E-state index contributed by atoms with van der Waals surface area (Å²) in [5.41, 5.74) is 11.5. The molecular weight excluding hydrogens is 617 g/mol. The number of pyridine rings is 1. The van der Waals surface area contributed by atoms with Crippen molar-refractivity contribution in [2.75, 3.05) is 0 Å². The van der Waals surface area contributed by atoms with Gasteiger partial charge >= 0.3 is 0 Å². The van der Waals surface area contributed by atoms with E-state index in [1.807, 2.05) is 6.08 Å². The molecule has 2 aliphatic carbocycles. The third-order valence-electron chi connectivity index (χ3n) is 11.5. The molecule has 1 aromatic heterocycles. The van der Waals surface area contributed by atoms with Gasteiger partial charge < -0.3 is 0 Å². The molecule has 0 saturated carbocycles. The molecule has 0 radical (unpaired) electrons. The van der Waals surface area contributed by atoms with Gasteiger partial charge in [-0.15, -0.1) is 0 Å². The van der Waals surface area contributed by atoms with Crippen LogP contribution in [0.4, 0.5) is 0 Å². The van der Waals surface area contributed by atoms with Gasteiger partial charge in [0.25, 0.3) is 0 Å². The van der Waals surface area contributed by atoms with Gasteiger partial charge in [-0.3, -0.25) is 0 Å². The first kappa shape index (κ1) is 29.6. The van der Waals surface area contributed by atoms with Gasteiger partial charge in [-0.25, -0.2) is 9.83 Å². The summed E-state index contributed by atoms with van der Waals surface area (Å²) in [6.45, 7) is 12.2. The van der Waals surface area contributed by atoms with Crippen LogP contribution in [0.15, 0.2) is 163 Å². The number of fused-ring (bicyclic) bond motifs is 9. The molecule has 0 amide bonds. The van der Waals surface area contributed by atoms with Crippen molar-refractivity contribution >= 4 is 43.2 Å². The predicted octanol–water partition coefficient (Wildman–Crippen LogP) is 13.1. The van der Waals surface area contributed by atoms with Crippen LogP contribution in [-0.4, -0.2) is 4.98 Å². The third kappa shape index (κ3) is 4.59. The normalized spacial score (nSPS) is 17.4. The van der Waals surface area contributed by atoms with Crippen LogP contribution in [0.2, 0.25) is 0 Å². The highest BCUT2D eigenvalue weighted by Gasteiger charge is 2.45. The lowest BCUT2D eigenvalue weighted by atomic mass is 9.74. The highest BCUT2D eigenvalue weighted by atomic mass is 14.7. The van der Waals surface area contributed by atoms with Crippen molar-refractivity contribution in [3.8, 4) is 33.5 Å². The van der Waals surface area contributed by atoms with Crippen LogP contribution in [0, 0.1) is 12.5 Å². The average Bonchev–Trinajstić information content (AvgIpc) is 3.41. The molecule has 10 rings (SSSR count). The molecule has 2 unspecified atom stereocenters. The van der Waals surface area contributed by atoms with Gasteiger partial charge in [0, 0.05) is 27.6 Å². The fraction of sp³-hybridized carbons (Fsp3) is 0.102. The topological polar surface area (TPSA) is 17.2 Å². The number of hydrogen-bond donors (Lipinski definition) is 0. The zero-order chi connectivity index (χ0) is 34.3. The largest absolute Gasteiger partial charge is 0.246 e. The Bertz CT molecular complexity index is 2850. The second kappa shape index (κ2) is 11.1. The van der Waals surface area contributed by atoms with Gasteiger partial charge in [-0.1, -0.05) is 147 Å². The summed E-state index contributed by atoms with van der Waals surface area (Å²) < 4.78 is 0. The number of benzene rings is 7. The Morgan fingerprint density at radius 2 is 1.27 bits per heavy atom. The number of aromatic nitrogens is 1. The standard InChI is InChI=1S/C49H34N2/c1-49(2)45-28-36(19-21-40(45)41-23-20-38(50-3)29-46(41)49)33-14-9-13-32(24-33)34-16-17-35-26-43-42-22-18-30-10-7-8-15-39(30)48(42)51-47(31-11-5-4-6-12-31)44(43)27-37(35)25-34/h4-29,41,46H,1-2H3. The molecule has 0 bridgehead atoms. The maximum absolute atomic E-state index is 7.56. The summed E-state index contributed by atoms with van der Waals surface area (Å²) >= 11 is 0. The van der Waals surface area contributed by atoms with E-state index in [1.165, 1.54) is 65.7 Å². The minimum Gasteiger partial charge on any atom is -0.246 e. The van der Waals surface area contributed by atoms with Gasteiger partial charge in [0.2, 0.25) is 0 Å². The summed E-state index contributed by atoms with van der Waals surface area (Å²) in [6, 6.07) is 51.0. The molecule has 0 spiro atoms. The molecule has 2 atom stereocenters. The fourth-order valence-corrected chi connectivity index (χ4v) is 8.81. The number of hydrogen-bond acceptors (Lipinski definition) is 1. The van der Waals surface area contributed by atoms with Crippen LogP contribution in [0.25, 0.3) is 81.6 Å². The van der Waals surface area contributed by atoms with Crippen LogP contribution in [-0.2, 0) is 5.41 Å². The Morgan fingerprint density at radius 1 is 0.569 bits per heavy atom. The lowest BCUT2D eigenvalue weighted by molar-refractivity contribution is 0.393.